The Morgan fingerprint density at radius 3 is 2.46 bits per heavy atom. The first-order chi connectivity index (χ1) is 11.7. The van der Waals surface area contributed by atoms with Gasteiger partial charge in [0.05, 0.1) is 0 Å². The molecule has 24 heavy (non-hydrogen) atoms. The first kappa shape index (κ1) is 16.2. The fourth-order valence-corrected chi connectivity index (χ4v) is 5.31. The van der Waals surface area contributed by atoms with Gasteiger partial charge < -0.3 is 4.90 Å². The lowest BCUT2D eigenvalue weighted by atomic mass is 10.0. The molecule has 3 aliphatic rings. The summed E-state index contributed by atoms with van der Waals surface area (Å²) in [6, 6.07) is 9.96. The summed E-state index contributed by atoms with van der Waals surface area (Å²) in [4.78, 5) is 17.3. The average Bonchev–Trinajstić information content (AvgIpc) is 3.08. The molecule has 4 bridgehead atoms. The van der Waals surface area contributed by atoms with Crippen molar-refractivity contribution in [2.75, 3.05) is 6.54 Å². The second kappa shape index (κ2) is 6.53. The van der Waals surface area contributed by atoms with Crippen molar-refractivity contribution in [2.24, 2.45) is 0 Å². The van der Waals surface area contributed by atoms with Crippen LogP contribution in [0.2, 0.25) is 5.02 Å². The van der Waals surface area contributed by atoms with Gasteiger partial charge in [0.25, 0.3) is 0 Å². The van der Waals surface area contributed by atoms with Crippen LogP contribution in [0.25, 0.3) is 6.08 Å². The summed E-state index contributed by atoms with van der Waals surface area (Å²) in [6.07, 6.45) is 9.92. The van der Waals surface area contributed by atoms with Gasteiger partial charge >= 0.3 is 0 Å². The van der Waals surface area contributed by atoms with Crippen LogP contribution in [0, 0.1) is 0 Å². The predicted molar refractivity (Wildman–Crippen MR) is 97.9 cm³/mol. The number of rotatable bonds is 4. The van der Waals surface area contributed by atoms with E-state index < -0.39 is 0 Å². The molecule has 1 amide bonds. The summed E-state index contributed by atoms with van der Waals surface area (Å²) >= 11 is 6.05. The summed E-state index contributed by atoms with van der Waals surface area (Å²) in [7, 11) is 0. The Morgan fingerprint density at radius 1 is 1.17 bits per heavy atom. The van der Waals surface area contributed by atoms with Crippen molar-refractivity contribution in [3.05, 3.63) is 40.9 Å². The maximum absolute atomic E-state index is 12.4. The lowest BCUT2D eigenvalue weighted by molar-refractivity contribution is -0.139. The highest BCUT2D eigenvalue weighted by molar-refractivity contribution is 6.30. The number of hydrogen-bond donors (Lipinski definition) is 0. The van der Waals surface area contributed by atoms with Crippen molar-refractivity contribution in [3.63, 3.8) is 0 Å². The fourth-order valence-electron chi connectivity index (χ4n) is 5.11. The minimum absolute atomic E-state index is 0.355. The molecule has 4 atom stereocenters. The molecule has 0 saturated carbocycles. The Morgan fingerprint density at radius 2 is 1.83 bits per heavy atom. The molecule has 3 aliphatic heterocycles. The zero-order chi connectivity index (χ0) is 16.7. The van der Waals surface area contributed by atoms with Crippen LogP contribution in [0.4, 0.5) is 0 Å². The van der Waals surface area contributed by atoms with Crippen molar-refractivity contribution in [3.8, 4) is 0 Å². The highest BCUT2D eigenvalue weighted by Gasteiger charge is 2.55. The van der Waals surface area contributed by atoms with Crippen molar-refractivity contribution >= 4 is 23.6 Å². The summed E-state index contributed by atoms with van der Waals surface area (Å²) in [5, 5.41) is 0.780. The predicted octanol–water partition coefficient (Wildman–Crippen LogP) is 3.97. The van der Waals surface area contributed by atoms with Gasteiger partial charge in [0.15, 0.2) is 0 Å². The zero-order valence-electron chi connectivity index (χ0n) is 14.2. The Kier molecular flexibility index (Phi) is 4.40. The van der Waals surface area contributed by atoms with E-state index in [1.165, 1.54) is 25.7 Å². The largest absolute Gasteiger partial charge is 0.334 e. The van der Waals surface area contributed by atoms with Crippen molar-refractivity contribution < 1.29 is 4.79 Å². The Hall–Kier alpha value is -1.32. The van der Waals surface area contributed by atoms with E-state index in [0.717, 1.165) is 17.1 Å². The Bertz CT molecular complexity index is 639. The van der Waals surface area contributed by atoms with Crippen LogP contribution in [0.1, 0.15) is 44.6 Å². The smallest absolute Gasteiger partial charge is 0.222 e. The Labute approximate surface area is 149 Å². The molecule has 1 aromatic rings. The molecule has 0 N–H and O–H groups in total. The SMILES string of the molecule is CCC(=O)N1C2CCC1C1CCC2N1C/C=C/c1cccc(Cl)c1. The second-order valence-corrected chi connectivity index (χ2v) is 7.67. The minimum atomic E-state index is 0.355. The quantitative estimate of drug-likeness (QED) is 0.825. The molecule has 3 fully saturated rings. The van der Waals surface area contributed by atoms with E-state index in [1.54, 1.807) is 0 Å². The number of benzene rings is 1. The number of piperazine rings is 1. The normalized spacial score (nSPS) is 32.0. The molecule has 128 valence electrons. The Balaban J connectivity index is 1.48. The molecule has 0 radical (unpaired) electrons. The number of halogens is 1. The molecule has 1 aromatic carbocycles. The number of amides is 1. The highest BCUT2D eigenvalue weighted by Crippen LogP contribution is 2.45. The van der Waals surface area contributed by atoms with E-state index in [4.69, 9.17) is 11.6 Å². The first-order valence-electron chi connectivity index (χ1n) is 9.18. The number of carbonyl (C=O) groups is 1. The monoisotopic (exact) mass is 344 g/mol. The van der Waals surface area contributed by atoms with Gasteiger partial charge in [-0.2, -0.15) is 0 Å². The summed E-state index contributed by atoms with van der Waals surface area (Å²) < 4.78 is 0. The van der Waals surface area contributed by atoms with Crippen molar-refractivity contribution in [1.29, 1.82) is 0 Å². The van der Waals surface area contributed by atoms with Gasteiger partial charge in [0.2, 0.25) is 5.91 Å². The lowest BCUT2D eigenvalue weighted by Gasteiger charge is -2.46. The number of carbonyl (C=O) groups excluding carboxylic acids is 1. The van der Waals surface area contributed by atoms with Crippen molar-refractivity contribution in [1.82, 2.24) is 9.80 Å². The van der Waals surface area contributed by atoms with Crippen LogP contribution in [-0.2, 0) is 4.79 Å². The second-order valence-electron chi connectivity index (χ2n) is 7.23. The van der Waals surface area contributed by atoms with E-state index in [1.807, 2.05) is 25.1 Å². The maximum atomic E-state index is 12.4. The minimum Gasteiger partial charge on any atom is -0.334 e. The molecule has 0 aromatic heterocycles. The van der Waals surface area contributed by atoms with Gasteiger partial charge in [-0.3, -0.25) is 9.69 Å². The highest BCUT2D eigenvalue weighted by atomic mass is 35.5. The molecule has 4 heteroatoms. The van der Waals surface area contributed by atoms with Gasteiger partial charge in [-0.25, -0.2) is 0 Å². The van der Waals surface area contributed by atoms with Gasteiger partial charge in [-0.1, -0.05) is 42.8 Å². The van der Waals surface area contributed by atoms with E-state index in [9.17, 15) is 4.79 Å². The van der Waals surface area contributed by atoms with Crippen LogP contribution in [0.3, 0.4) is 0 Å². The number of hydrogen-bond acceptors (Lipinski definition) is 2. The first-order valence-corrected chi connectivity index (χ1v) is 9.56. The zero-order valence-corrected chi connectivity index (χ0v) is 15.0. The van der Waals surface area contributed by atoms with Crippen LogP contribution in [0.15, 0.2) is 30.3 Å². The van der Waals surface area contributed by atoms with E-state index in [2.05, 4.69) is 28.0 Å². The molecule has 0 spiro atoms. The van der Waals surface area contributed by atoms with Gasteiger partial charge in [-0.15, -0.1) is 0 Å². The van der Waals surface area contributed by atoms with E-state index in [-0.39, 0.29) is 0 Å². The van der Waals surface area contributed by atoms with E-state index in [0.29, 0.717) is 36.5 Å². The molecule has 3 nitrogen and oxygen atoms in total. The topological polar surface area (TPSA) is 23.6 Å². The van der Waals surface area contributed by atoms with Crippen LogP contribution in [0.5, 0.6) is 0 Å². The van der Waals surface area contributed by atoms with Gasteiger partial charge in [0, 0.05) is 42.2 Å². The standard InChI is InChI=1S/C20H25ClN2O/c1-2-20(24)23-18-10-11-19(23)17-9-8-16(18)22(17)12-4-6-14-5-3-7-15(21)13-14/h3-7,13,16-19H,2,8-12H2,1H3/b6-4+. The molecule has 3 heterocycles. The van der Waals surface area contributed by atoms with E-state index >= 15 is 0 Å². The molecule has 4 unspecified atom stereocenters. The lowest BCUT2D eigenvalue weighted by Crippen LogP contribution is -2.61. The molecule has 3 saturated heterocycles. The summed E-state index contributed by atoms with van der Waals surface area (Å²) in [5.41, 5.74) is 1.15. The van der Waals surface area contributed by atoms with Gasteiger partial charge in [0.1, 0.15) is 0 Å². The fraction of sp³-hybridized carbons (Fsp3) is 0.550. The molecule has 0 aliphatic carbocycles. The third-order valence-electron chi connectivity index (χ3n) is 6.04. The van der Waals surface area contributed by atoms with Crippen LogP contribution >= 0.6 is 11.6 Å². The third-order valence-corrected chi connectivity index (χ3v) is 6.27. The van der Waals surface area contributed by atoms with Gasteiger partial charge in [-0.05, 0) is 43.4 Å². The summed E-state index contributed by atoms with van der Waals surface area (Å²) in [5.74, 6) is 0.355. The van der Waals surface area contributed by atoms with Crippen LogP contribution < -0.4 is 0 Å². The van der Waals surface area contributed by atoms with Crippen molar-refractivity contribution in [2.45, 2.75) is 63.2 Å². The summed E-state index contributed by atoms with van der Waals surface area (Å²) in [6.45, 7) is 2.97. The third kappa shape index (κ3) is 2.68. The van der Waals surface area contributed by atoms with Crippen LogP contribution in [-0.4, -0.2) is 46.4 Å². The average molecular weight is 345 g/mol. The number of fused-ring (bicyclic) bond motifs is 6. The molecular formula is C20H25ClN2O. The molecule has 4 rings (SSSR count). The molecular weight excluding hydrogens is 320 g/mol. The number of nitrogens with zero attached hydrogens (tertiary/aromatic N) is 2. The maximum Gasteiger partial charge on any atom is 0.222 e.